The summed E-state index contributed by atoms with van der Waals surface area (Å²) in [6.45, 7) is 1.69. The second kappa shape index (κ2) is 6.80. The molecule has 8 nitrogen and oxygen atoms in total. The first kappa shape index (κ1) is 17.5. The van der Waals surface area contributed by atoms with Crippen molar-refractivity contribution >= 4 is 5.91 Å². The number of fused-ring (bicyclic) bond motifs is 4. The van der Waals surface area contributed by atoms with Gasteiger partial charge in [-0.3, -0.25) is 19.4 Å². The first-order valence-electron chi connectivity index (χ1n) is 9.57. The zero-order valence-corrected chi connectivity index (χ0v) is 15.6. The van der Waals surface area contributed by atoms with Crippen LogP contribution in [0.5, 0.6) is 0 Å². The maximum Gasteiger partial charge on any atom is 0.273 e. The Morgan fingerprint density at radius 2 is 2.00 bits per heavy atom. The van der Waals surface area contributed by atoms with E-state index in [9.17, 15) is 14.4 Å². The molecule has 8 heteroatoms. The minimum Gasteiger partial charge on any atom is -0.336 e. The van der Waals surface area contributed by atoms with Crippen molar-refractivity contribution in [2.24, 2.45) is 5.92 Å². The quantitative estimate of drug-likeness (QED) is 0.711. The van der Waals surface area contributed by atoms with Crippen molar-refractivity contribution in [1.82, 2.24) is 24.4 Å². The third-order valence-electron chi connectivity index (χ3n) is 5.73. The summed E-state index contributed by atoms with van der Waals surface area (Å²) < 4.78 is 1.85. The van der Waals surface area contributed by atoms with E-state index >= 15 is 0 Å². The molecular weight excluding hydrogens is 370 g/mol. The third-order valence-corrected chi connectivity index (χ3v) is 5.73. The zero-order valence-electron chi connectivity index (χ0n) is 15.6. The van der Waals surface area contributed by atoms with Crippen LogP contribution in [0.2, 0.25) is 0 Å². The van der Waals surface area contributed by atoms with E-state index in [1.807, 2.05) is 22.8 Å². The van der Waals surface area contributed by atoms with E-state index in [1.165, 1.54) is 6.20 Å². The molecule has 3 aromatic heterocycles. The van der Waals surface area contributed by atoms with Crippen molar-refractivity contribution in [1.29, 1.82) is 0 Å². The van der Waals surface area contributed by atoms with Gasteiger partial charge >= 0.3 is 0 Å². The van der Waals surface area contributed by atoms with Crippen LogP contribution in [0, 0.1) is 5.92 Å². The van der Waals surface area contributed by atoms with E-state index < -0.39 is 0 Å². The molecule has 2 bridgehead atoms. The summed E-state index contributed by atoms with van der Waals surface area (Å²) in [7, 11) is 0. The molecule has 0 aliphatic carbocycles. The fourth-order valence-electron chi connectivity index (χ4n) is 4.45. The second-order valence-corrected chi connectivity index (χ2v) is 7.66. The van der Waals surface area contributed by atoms with Crippen LogP contribution in [-0.4, -0.2) is 43.4 Å². The monoisotopic (exact) mass is 389 g/mol. The lowest BCUT2D eigenvalue weighted by molar-refractivity contribution is 0.0588. The van der Waals surface area contributed by atoms with E-state index in [0.29, 0.717) is 19.6 Å². The Bertz CT molecular complexity index is 1180. The Morgan fingerprint density at radius 3 is 2.76 bits per heavy atom. The number of nitrogens with one attached hydrogen (secondary N) is 1. The molecule has 1 fully saturated rings. The molecule has 146 valence electrons. The minimum absolute atomic E-state index is 0.0156. The highest BCUT2D eigenvalue weighted by Gasteiger charge is 2.37. The lowest BCUT2D eigenvalue weighted by Gasteiger charge is -2.42. The maximum absolute atomic E-state index is 12.9. The van der Waals surface area contributed by atoms with Gasteiger partial charge in [-0.05, 0) is 30.0 Å². The van der Waals surface area contributed by atoms with Crippen LogP contribution in [0.25, 0.3) is 11.1 Å². The number of amides is 1. The molecule has 0 saturated carbocycles. The van der Waals surface area contributed by atoms with Gasteiger partial charge in [0.1, 0.15) is 5.69 Å². The van der Waals surface area contributed by atoms with E-state index in [1.54, 1.807) is 23.4 Å². The fraction of sp³-hybridized carbons (Fsp3) is 0.286. The predicted octanol–water partition coefficient (Wildman–Crippen LogP) is 1.25. The number of carbonyl (C=O) groups excluding carboxylic acids is 1. The summed E-state index contributed by atoms with van der Waals surface area (Å²) in [6.07, 6.45) is 6.87. The van der Waals surface area contributed by atoms with Crippen molar-refractivity contribution in [3.8, 4) is 11.1 Å². The second-order valence-electron chi connectivity index (χ2n) is 7.66. The van der Waals surface area contributed by atoms with Crippen molar-refractivity contribution in [2.75, 3.05) is 13.1 Å². The average molecular weight is 389 g/mol. The molecule has 5 heterocycles. The van der Waals surface area contributed by atoms with Crippen molar-refractivity contribution in [3.05, 3.63) is 81.1 Å². The average Bonchev–Trinajstić information content (AvgIpc) is 2.75. The van der Waals surface area contributed by atoms with Crippen molar-refractivity contribution in [3.63, 3.8) is 0 Å². The largest absolute Gasteiger partial charge is 0.336 e. The van der Waals surface area contributed by atoms with E-state index in [4.69, 9.17) is 0 Å². The number of H-pyrrole nitrogens is 1. The van der Waals surface area contributed by atoms with Gasteiger partial charge in [0, 0.05) is 61.5 Å². The molecule has 29 heavy (non-hydrogen) atoms. The maximum atomic E-state index is 12.9. The number of pyridine rings is 2. The molecule has 2 aliphatic rings. The topological polar surface area (TPSA) is 101 Å². The normalized spacial score (nSPS) is 20.2. The van der Waals surface area contributed by atoms with Crippen LogP contribution in [-0.2, 0) is 6.54 Å². The number of hydrogen-bond donors (Lipinski definition) is 1. The van der Waals surface area contributed by atoms with E-state index in [0.717, 1.165) is 29.4 Å². The lowest BCUT2D eigenvalue weighted by atomic mass is 9.82. The van der Waals surface area contributed by atoms with Crippen molar-refractivity contribution in [2.45, 2.75) is 18.9 Å². The molecule has 0 aromatic carbocycles. The number of carbonyl (C=O) groups is 1. The SMILES string of the molecule is O=C(c1c[nH]c(=O)cn1)N1C[C@@H]2C[C@H](C1)c1cc(-c3cccnc3)cc(=O)n1C2. The molecule has 2 aliphatic heterocycles. The summed E-state index contributed by atoms with van der Waals surface area (Å²) in [5.41, 5.74) is 2.58. The Hall–Kier alpha value is -3.55. The van der Waals surface area contributed by atoms with Crippen LogP contribution in [0.4, 0.5) is 0 Å². The standard InChI is InChI=1S/C21H19N5O3/c27-19-9-23-17(8-24-19)21(29)25-10-13-4-16(12-25)18-5-15(6-20(28)26(18)11-13)14-2-1-3-22-7-14/h1-3,5-9,13,16H,4,10-12H2,(H,24,27)/t13-,16+/m0/s1. The van der Waals surface area contributed by atoms with Gasteiger partial charge in [0.25, 0.3) is 17.0 Å². The minimum atomic E-state index is -0.340. The van der Waals surface area contributed by atoms with Gasteiger partial charge in [-0.15, -0.1) is 0 Å². The Labute approximate surface area is 165 Å². The van der Waals surface area contributed by atoms with E-state index in [-0.39, 0.29) is 34.6 Å². The summed E-state index contributed by atoms with van der Waals surface area (Å²) in [4.78, 5) is 49.3. The molecule has 2 atom stereocenters. The van der Waals surface area contributed by atoms with Crippen LogP contribution in [0.1, 0.15) is 28.5 Å². The number of nitrogens with zero attached hydrogens (tertiary/aromatic N) is 4. The van der Waals surface area contributed by atoms with Crippen LogP contribution in [0.3, 0.4) is 0 Å². The molecule has 1 amide bonds. The fourth-order valence-corrected chi connectivity index (χ4v) is 4.45. The Morgan fingerprint density at radius 1 is 1.10 bits per heavy atom. The van der Waals surface area contributed by atoms with E-state index in [2.05, 4.69) is 15.0 Å². The number of aromatic nitrogens is 4. The van der Waals surface area contributed by atoms with Gasteiger partial charge in [-0.25, -0.2) is 4.98 Å². The number of rotatable bonds is 2. The Kier molecular flexibility index (Phi) is 4.12. The summed E-state index contributed by atoms with van der Waals surface area (Å²) in [5, 5.41) is 0. The molecule has 3 aromatic rings. The van der Waals surface area contributed by atoms with Gasteiger partial charge < -0.3 is 14.5 Å². The predicted molar refractivity (Wildman–Crippen MR) is 106 cm³/mol. The van der Waals surface area contributed by atoms with Gasteiger partial charge in [-0.1, -0.05) is 6.07 Å². The molecule has 0 spiro atoms. The molecule has 0 unspecified atom stereocenters. The van der Waals surface area contributed by atoms with Gasteiger partial charge in [0.15, 0.2) is 0 Å². The summed E-state index contributed by atoms with van der Waals surface area (Å²) in [5.74, 6) is 0.101. The van der Waals surface area contributed by atoms with Gasteiger partial charge in [0.2, 0.25) is 0 Å². The third kappa shape index (κ3) is 3.16. The number of hydrogen-bond acceptors (Lipinski definition) is 5. The number of likely N-dealkylation sites (tertiary alicyclic amines) is 1. The molecule has 0 radical (unpaired) electrons. The molecule has 5 rings (SSSR count). The van der Waals surface area contributed by atoms with Crippen molar-refractivity contribution < 1.29 is 4.79 Å². The highest BCUT2D eigenvalue weighted by Crippen LogP contribution is 2.36. The first-order valence-corrected chi connectivity index (χ1v) is 9.57. The summed E-state index contributed by atoms with van der Waals surface area (Å²) in [6, 6.07) is 7.49. The first-order chi connectivity index (χ1) is 14.1. The highest BCUT2D eigenvalue weighted by molar-refractivity contribution is 5.92. The number of aromatic amines is 1. The molecule has 1 N–H and O–H groups in total. The smallest absolute Gasteiger partial charge is 0.273 e. The molecular formula is C21H19N5O3. The van der Waals surface area contributed by atoms with Gasteiger partial charge in [-0.2, -0.15) is 0 Å². The molecule has 1 saturated heterocycles. The van der Waals surface area contributed by atoms with Crippen LogP contribution >= 0.6 is 0 Å². The summed E-state index contributed by atoms with van der Waals surface area (Å²) >= 11 is 0. The zero-order chi connectivity index (χ0) is 20.0. The van der Waals surface area contributed by atoms with Gasteiger partial charge in [0.05, 0.1) is 6.20 Å². The van der Waals surface area contributed by atoms with Crippen LogP contribution < -0.4 is 11.1 Å². The number of piperidine rings is 1. The highest BCUT2D eigenvalue weighted by atomic mass is 16.2. The Balaban J connectivity index is 1.48. The van der Waals surface area contributed by atoms with Crippen LogP contribution in [0.15, 0.2) is 58.6 Å². The lowest BCUT2D eigenvalue weighted by Crippen LogP contribution is -2.49.